The molecule has 2 heterocycles. The zero-order chi connectivity index (χ0) is 21.7. The van der Waals surface area contributed by atoms with Crippen LogP contribution in [-0.2, 0) is 9.47 Å². The van der Waals surface area contributed by atoms with Gasteiger partial charge in [0, 0.05) is 37.9 Å². The van der Waals surface area contributed by atoms with Gasteiger partial charge in [-0.3, -0.25) is 0 Å². The molecule has 0 atom stereocenters. The maximum absolute atomic E-state index is 12.3. The Morgan fingerprint density at radius 1 is 1.07 bits per heavy atom. The van der Waals surface area contributed by atoms with Crippen molar-refractivity contribution in [2.24, 2.45) is 0 Å². The van der Waals surface area contributed by atoms with Gasteiger partial charge in [0.15, 0.2) is 0 Å². The van der Waals surface area contributed by atoms with Gasteiger partial charge in [0.1, 0.15) is 23.0 Å². The highest BCUT2D eigenvalue weighted by atomic mass is 16.6. The van der Waals surface area contributed by atoms with Crippen molar-refractivity contribution >= 4 is 17.7 Å². The Morgan fingerprint density at radius 2 is 1.73 bits per heavy atom. The van der Waals surface area contributed by atoms with E-state index < -0.39 is 11.6 Å². The molecule has 1 aromatic carbocycles. The summed E-state index contributed by atoms with van der Waals surface area (Å²) in [7, 11) is 1.38. The predicted octanol–water partition coefficient (Wildman–Crippen LogP) is 2.66. The molecule has 0 radical (unpaired) electrons. The molecule has 0 bridgehead atoms. The van der Waals surface area contributed by atoms with Crippen molar-refractivity contribution in [1.29, 1.82) is 0 Å². The number of nitrogens with one attached hydrogen (secondary N) is 1. The van der Waals surface area contributed by atoms with Crippen LogP contribution in [0.4, 0.5) is 10.5 Å². The Balaban J connectivity index is 1.69. The third kappa shape index (κ3) is 5.78. The largest absolute Gasteiger partial charge is 0.489 e. The summed E-state index contributed by atoms with van der Waals surface area (Å²) in [5.41, 5.74) is 0.904. The van der Waals surface area contributed by atoms with Crippen LogP contribution < -0.4 is 15.0 Å². The molecular weight excluding hydrogens is 386 g/mol. The first-order chi connectivity index (χ1) is 14.3. The van der Waals surface area contributed by atoms with Gasteiger partial charge in [0.05, 0.1) is 7.11 Å². The minimum Gasteiger partial charge on any atom is -0.489 e. The molecule has 30 heavy (non-hydrogen) atoms. The summed E-state index contributed by atoms with van der Waals surface area (Å²) >= 11 is 0. The highest BCUT2D eigenvalue weighted by Crippen LogP contribution is 2.29. The number of benzene rings is 1. The van der Waals surface area contributed by atoms with Gasteiger partial charge in [0.25, 0.3) is 0 Å². The molecule has 0 aromatic heterocycles. The average molecular weight is 420 g/mol. The number of amides is 1. The van der Waals surface area contributed by atoms with Crippen LogP contribution in [0, 0.1) is 0 Å². The fourth-order valence-electron chi connectivity index (χ4n) is 3.65. The number of hydrogen-bond acceptors (Lipinski definition) is 7. The Kier molecular flexibility index (Phi) is 7.07. The van der Waals surface area contributed by atoms with Crippen molar-refractivity contribution in [3.8, 4) is 5.75 Å². The maximum Gasteiger partial charge on any atom is 0.410 e. The van der Waals surface area contributed by atoms with Crippen molar-refractivity contribution in [3.05, 3.63) is 23.8 Å². The first-order valence-corrected chi connectivity index (χ1v) is 10.6. The Hall–Kier alpha value is -2.48. The fraction of sp³-hybridized carbons (Fsp3) is 0.636. The number of anilines is 1. The zero-order valence-electron chi connectivity index (χ0n) is 18.4. The van der Waals surface area contributed by atoms with Gasteiger partial charge in [-0.2, -0.15) is 0 Å². The molecule has 8 heteroatoms. The number of esters is 1. The molecular formula is C22H33N3O5. The van der Waals surface area contributed by atoms with E-state index in [1.54, 1.807) is 11.0 Å². The van der Waals surface area contributed by atoms with Crippen LogP contribution in [-0.4, -0.2) is 75.0 Å². The maximum atomic E-state index is 12.3. The van der Waals surface area contributed by atoms with Crippen LogP contribution in [0.25, 0.3) is 0 Å². The quantitative estimate of drug-likeness (QED) is 0.752. The summed E-state index contributed by atoms with van der Waals surface area (Å²) in [6, 6.07) is 5.58. The van der Waals surface area contributed by atoms with E-state index in [1.807, 2.05) is 32.9 Å². The molecule has 8 nitrogen and oxygen atoms in total. The fourth-order valence-corrected chi connectivity index (χ4v) is 3.65. The Morgan fingerprint density at radius 3 is 2.33 bits per heavy atom. The van der Waals surface area contributed by atoms with Crippen molar-refractivity contribution in [2.75, 3.05) is 51.3 Å². The molecule has 0 saturated carbocycles. The summed E-state index contributed by atoms with van der Waals surface area (Å²) < 4.78 is 16.6. The molecule has 2 aliphatic heterocycles. The first-order valence-electron chi connectivity index (χ1n) is 10.6. The van der Waals surface area contributed by atoms with Gasteiger partial charge in [-0.15, -0.1) is 0 Å². The van der Waals surface area contributed by atoms with E-state index in [2.05, 4.69) is 10.2 Å². The van der Waals surface area contributed by atoms with Crippen LogP contribution in [0.3, 0.4) is 0 Å². The van der Waals surface area contributed by atoms with Gasteiger partial charge < -0.3 is 29.3 Å². The normalized spacial score (nSPS) is 18.1. The first kappa shape index (κ1) is 22.2. The number of ether oxygens (including phenoxy) is 3. The van der Waals surface area contributed by atoms with Crippen LogP contribution >= 0.6 is 0 Å². The molecule has 1 amide bonds. The number of hydrogen-bond donors (Lipinski definition) is 1. The minimum absolute atomic E-state index is 0.0777. The van der Waals surface area contributed by atoms with Crippen molar-refractivity contribution in [2.45, 2.75) is 45.3 Å². The summed E-state index contributed by atoms with van der Waals surface area (Å²) in [4.78, 5) is 28.4. The minimum atomic E-state index is -0.501. The predicted molar refractivity (Wildman–Crippen MR) is 114 cm³/mol. The molecule has 2 fully saturated rings. The molecule has 0 spiro atoms. The number of carbonyl (C=O) groups excluding carboxylic acids is 2. The third-order valence-corrected chi connectivity index (χ3v) is 5.25. The van der Waals surface area contributed by atoms with Crippen molar-refractivity contribution in [3.63, 3.8) is 0 Å². The molecule has 0 unspecified atom stereocenters. The molecule has 1 aromatic rings. The second-order valence-electron chi connectivity index (χ2n) is 8.69. The van der Waals surface area contributed by atoms with Crippen molar-refractivity contribution < 1.29 is 23.8 Å². The monoisotopic (exact) mass is 419 g/mol. The zero-order valence-corrected chi connectivity index (χ0v) is 18.4. The van der Waals surface area contributed by atoms with E-state index in [0.717, 1.165) is 31.6 Å². The van der Waals surface area contributed by atoms with Crippen molar-refractivity contribution in [1.82, 2.24) is 10.2 Å². The average Bonchev–Trinajstić information content (AvgIpc) is 2.73. The molecule has 0 aliphatic carbocycles. The smallest absolute Gasteiger partial charge is 0.410 e. The van der Waals surface area contributed by atoms with E-state index in [4.69, 9.17) is 14.2 Å². The lowest BCUT2D eigenvalue weighted by Crippen LogP contribution is -2.50. The molecule has 2 saturated heterocycles. The Labute approximate surface area is 178 Å². The molecule has 2 aliphatic rings. The van der Waals surface area contributed by atoms with Crippen LogP contribution in [0.2, 0.25) is 0 Å². The lowest BCUT2D eigenvalue weighted by molar-refractivity contribution is 0.0240. The van der Waals surface area contributed by atoms with E-state index in [1.165, 1.54) is 7.11 Å². The standard InChI is InChI=1S/C22H33N3O5/c1-22(2,3)30-21(27)25-13-11-24(12-14-25)16-5-6-18(20(26)28-4)19(15-16)29-17-7-9-23-10-8-17/h5-6,15,17,23H,7-14H2,1-4H3. The SMILES string of the molecule is COC(=O)c1ccc(N2CCN(C(=O)OC(C)(C)C)CC2)cc1OC1CCNCC1. The highest BCUT2D eigenvalue weighted by molar-refractivity contribution is 5.93. The summed E-state index contributed by atoms with van der Waals surface area (Å²) in [6.45, 7) is 9.95. The number of nitrogens with zero attached hydrogens (tertiary/aromatic N) is 2. The van der Waals surface area contributed by atoms with Gasteiger partial charge in [-0.05, 0) is 58.8 Å². The van der Waals surface area contributed by atoms with Crippen LogP contribution in [0.15, 0.2) is 18.2 Å². The van der Waals surface area contributed by atoms with Crippen LogP contribution in [0.1, 0.15) is 44.0 Å². The Bertz CT molecular complexity index is 748. The highest BCUT2D eigenvalue weighted by Gasteiger charge is 2.27. The van der Waals surface area contributed by atoms with Gasteiger partial charge in [-0.25, -0.2) is 9.59 Å². The number of piperidine rings is 1. The van der Waals surface area contributed by atoms with E-state index >= 15 is 0 Å². The third-order valence-electron chi connectivity index (χ3n) is 5.25. The number of rotatable bonds is 4. The van der Waals surface area contributed by atoms with Crippen LogP contribution in [0.5, 0.6) is 5.75 Å². The second kappa shape index (κ2) is 9.55. The van der Waals surface area contributed by atoms with Gasteiger partial charge >= 0.3 is 12.1 Å². The molecule has 1 N–H and O–H groups in total. The summed E-state index contributed by atoms with van der Waals surface area (Å²) in [5.74, 6) is 0.154. The number of methoxy groups -OCH3 is 1. The van der Waals surface area contributed by atoms with Gasteiger partial charge in [-0.1, -0.05) is 0 Å². The lowest BCUT2D eigenvalue weighted by Gasteiger charge is -2.37. The summed E-state index contributed by atoms with van der Waals surface area (Å²) in [5, 5.41) is 3.32. The van der Waals surface area contributed by atoms with E-state index in [9.17, 15) is 9.59 Å². The van der Waals surface area contributed by atoms with E-state index in [0.29, 0.717) is 37.5 Å². The van der Waals surface area contributed by atoms with Gasteiger partial charge in [0.2, 0.25) is 0 Å². The number of piperazine rings is 1. The summed E-state index contributed by atoms with van der Waals surface area (Å²) in [6.07, 6.45) is 1.60. The lowest BCUT2D eigenvalue weighted by atomic mass is 10.1. The molecule has 166 valence electrons. The van der Waals surface area contributed by atoms with E-state index in [-0.39, 0.29) is 12.2 Å². The number of carbonyl (C=O) groups is 2. The second-order valence-corrected chi connectivity index (χ2v) is 8.69. The topological polar surface area (TPSA) is 80.3 Å². The molecule has 3 rings (SSSR count).